The summed E-state index contributed by atoms with van der Waals surface area (Å²) in [5.41, 5.74) is 9.71. The van der Waals surface area contributed by atoms with Gasteiger partial charge in [-0.15, -0.1) is 0 Å². The third-order valence-electron chi connectivity index (χ3n) is 3.89. The number of rotatable bonds is 3. The zero-order valence-electron chi connectivity index (χ0n) is 12.5. The topological polar surface area (TPSA) is 41.6 Å². The van der Waals surface area contributed by atoms with Crippen LogP contribution in [0.4, 0.5) is 5.69 Å². The fourth-order valence-electron chi connectivity index (χ4n) is 2.72. The van der Waals surface area contributed by atoms with Gasteiger partial charge in [-0.1, -0.05) is 41.9 Å². The molecular formula is C18H20ClN3. The van der Waals surface area contributed by atoms with Crippen LogP contribution in [0.3, 0.4) is 0 Å². The molecule has 0 unspecified atom stereocenters. The maximum Gasteiger partial charge on any atom is 0.0997 e. The molecule has 0 radical (unpaired) electrons. The molecule has 3 rings (SSSR count). The summed E-state index contributed by atoms with van der Waals surface area (Å²) in [7, 11) is 0. The zero-order chi connectivity index (χ0) is 15.4. The van der Waals surface area contributed by atoms with Crippen LogP contribution in [-0.2, 0) is 0 Å². The fourth-order valence-corrected chi connectivity index (χ4v) is 2.89. The van der Waals surface area contributed by atoms with Gasteiger partial charge in [0.15, 0.2) is 0 Å². The zero-order valence-corrected chi connectivity index (χ0v) is 13.3. The summed E-state index contributed by atoms with van der Waals surface area (Å²) in [5, 5.41) is 7.71. The number of anilines is 1. The summed E-state index contributed by atoms with van der Waals surface area (Å²) in [5.74, 6) is 0. The predicted molar refractivity (Wildman–Crippen MR) is 93.4 cm³/mol. The van der Waals surface area contributed by atoms with E-state index in [1.165, 1.54) is 19.3 Å². The first-order valence-electron chi connectivity index (χ1n) is 7.68. The maximum atomic E-state index is 6.17. The van der Waals surface area contributed by atoms with Crippen LogP contribution in [0.1, 0.15) is 30.4 Å². The first-order chi connectivity index (χ1) is 10.7. The lowest BCUT2D eigenvalue weighted by Gasteiger charge is -2.25. The van der Waals surface area contributed by atoms with Gasteiger partial charge in [-0.05, 0) is 37.5 Å². The third-order valence-corrected chi connectivity index (χ3v) is 4.13. The van der Waals surface area contributed by atoms with Crippen molar-refractivity contribution in [2.75, 3.05) is 18.8 Å². The van der Waals surface area contributed by atoms with Crippen molar-refractivity contribution in [2.24, 2.45) is 5.10 Å². The van der Waals surface area contributed by atoms with E-state index >= 15 is 0 Å². The van der Waals surface area contributed by atoms with Gasteiger partial charge in [-0.3, -0.25) is 5.01 Å². The molecule has 4 heteroatoms. The van der Waals surface area contributed by atoms with E-state index in [1.54, 1.807) is 0 Å². The number of nitrogens with zero attached hydrogens (tertiary/aromatic N) is 2. The van der Waals surface area contributed by atoms with Gasteiger partial charge in [-0.25, -0.2) is 0 Å². The number of piperidine rings is 1. The fraction of sp³-hybridized carbons (Fsp3) is 0.278. The van der Waals surface area contributed by atoms with Crippen LogP contribution in [0.5, 0.6) is 0 Å². The molecule has 0 saturated carbocycles. The molecule has 3 nitrogen and oxygen atoms in total. The van der Waals surface area contributed by atoms with Crippen molar-refractivity contribution in [3.8, 4) is 0 Å². The molecule has 0 aliphatic carbocycles. The summed E-state index contributed by atoms with van der Waals surface area (Å²) in [4.78, 5) is 0. The van der Waals surface area contributed by atoms with Gasteiger partial charge < -0.3 is 5.73 Å². The number of halogens is 1. The number of nitrogen functional groups attached to an aromatic ring is 1. The van der Waals surface area contributed by atoms with Crippen molar-refractivity contribution in [1.82, 2.24) is 5.01 Å². The number of hydrogen-bond donors (Lipinski definition) is 1. The Hall–Kier alpha value is -2.00. The van der Waals surface area contributed by atoms with E-state index in [-0.39, 0.29) is 0 Å². The number of hydrogen-bond acceptors (Lipinski definition) is 3. The average Bonchev–Trinajstić information content (AvgIpc) is 2.57. The Morgan fingerprint density at radius 2 is 1.73 bits per heavy atom. The molecule has 1 saturated heterocycles. The van der Waals surface area contributed by atoms with E-state index in [2.05, 4.69) is 17.1 Å². The van der Waals surface area contributed by atoms with Crippen molar-refractivity contribution in [3.63, 3.8) is 0 Å². The molecule has 2 N–H and O–H groups in total. The lowest BCUT2D eigenvalue weighted by atomic mass is 10.0. The SMILES string of the molecule is Nc1ccc(Cl)cc1/C(=N/N1CCCCC1)c1ccccc1. The van der Waals surface area contributed by atoms with Gasteiger partial charge in [0, 0.05) is 34.9 Å². The molecule has 0 aromatic heterocycles. The van der Waals surface area contributed by atoms with Crippen molar-refractivity contribution in [2.45, 2.75) is 19.3 Å². The minimum absolute atomic E-state index is 0.673. The van der Waals surface area contributed by atoms with Crippen molar-refractivity contribution in [3.05, 3.63) is 64.7 Å². The molecule has 2 aromatic carbocycles. The number of benzene rings is 2. The van der Waals surface area contributed by atoms with Gasteiger partial charge in [0.05, 0.1) is 5.71 Å². The summed E-state index contributed by atoms with van der Waals surface area (Å²) in [6, 6.07) is 15.7. The van der Waals surface area contributed by atoms with Crippen LogP contribution in [0.25, 0.3) is 0 Å². The predicted octanol–water partition coefficient (Wildman–Crippen LogP) is 4.16. The molecule has 1 heterocycles. The Labute approximate surface area is 136 Å². The highest BCUT2D eigenvalue weighted by molar-refractivity contribution is 6.31. The van der Waals surface area contributed by atoms with E-state index in [0.29, 0.717) is 10.7 Å². The van der Waals surface area contributed by atoms with E-state index in [1.807, 2.05) is 36.4 Å². The Morgan fingerprint density at radius 3 is 2.45 bits per heavy atom. The quantitative estimate of drug-likeness (QED) is 0.683. The maximum absolute atomic E-state index is 6.17. The Balaban J connectivity index is 2.06. The van der Waals surface area contributed by atoms with Crippen LogP contribution in [0.2, 0.25) is 5.02 Å². The summed E-state index contributed by atoms with van der Waals surface area (Å²) >= 11 is 6.17. The Morgan fingerprint density at radius 1 is 1.00 bits per heavy atom. The second-order valence-electron chi connectivity index (χ2n) is 5.56. The third kappa shape index (κ3) is 3.42. The largest absolute Gasteiger partial charge is 0.398 e. The van der Waals surface area contributed by atoms with E-state index in [4.69, 9.17) is 22.4 Å². The standard InChI is InChI=1S/C18H20ClN3/c19-15-9-10-17(20)16(13-15)18(14-7-3-1-4-8-14)21-22-11-5-2-6-12-22/h1,3-4,7-10,13H,2,5-6,11-12,20H2/b21-18+. The molecule has 0 atom stereocenters. The minimum atomic E-state index is 0.673. The van der Waals surface area contributed by atoms with Crippen molar-refractivity contribution in [1.29, 1.82) is 0 Å². The van der Waals surface area contributed by atoms with Crippen LogP contribution >= 0.6 is 11.6 Å². The van der Waals surface area contributed by atoms with Gasteiger partial charge in [0.1, 0.15) is 0 Å². The number of hydrazone groups is 1. The molecular weight excluding hydrogens is 294 g/mol. The molecule has 22 heavy (non-hydrogen) atoms. The molecule has 1 aliphatic heterocycles. The lowest BCUT2D eigenvalue weighted by Crippen LogP contribution is -2.26. The van der Waals surface area contributed by atoms with Gasteiger partial charge >= 0.3 is 0 Å². The molecule has 0 amide bonds. The highest BCUT2D eigenvalue weighted by Gasteiger charge is 2.15. The molecule has 1 aliphatic rings. The van der Waals surface area contributed by atoms with E-state index in [9.17, 15) is 0 Å². The Kier molecular flexibility index (Phi) is 4.64. The van der Waals surface area contributed by atoms with Crippen LogP contribution in [-0.4, -0.2) is 23.8 Å². The molecule has 0 bridgehead atoms. The summed E-state index contributed by atoms with van der Waals surface area (Å²) in [6.45, 7) is 1.99. The Bertz CT molecular complexity index is 661. The molecule has 1 fully saturated rings. The molecule has 114 valence electrons. The van der Waals surface area contributed by atoms with Gasteiger partial charge in [0.25, 0.3) is 0 Å². The van der Waals surface area contributed by atoms with Crippen LogP contribution in [0, 0.1) is 0 Å². The first-order valence-corrected chi connectivity index (χ1v) is 8.06. The van der Waals surface area contributed by atoms with Crippen LogP contribution < -0.4 is 5.73 Å². The van der Waals surface area contributed by atoms with E-state index in [0.717, 1.165) is 29.9 Å². The first kappa shape index (κ1) is 14.9. The molecule has 0 spiro atoms. The highest BCUT2D eigenvalue weighted by Crippen LogP contribution is 2.23. The minimum Gasteiger partial charge on any atom is -0.398 e. The monoisotopic (exact) mass is 313 g/mol. The number of nitrogens with two attached hydrogens (primary N) is 1. The second-order valence-corrected chi connectivity index (χ2v) is 6.00. The normalized spacial score (nSPS) is 15.9. The molecule has 2 aromatic rings. The second kappa shape index (κ2) is 6.84. The summed E-state index contributed by atoms with van der Waals surface area (Å²) < 4.78 is 0. The van der Waals surface area contributed by atoms with Crippen LogP contribution in [0.15, 0.2) is 53.6 Å². The van der Waals surface area contributed by atoms with Crippen molar-refractivity contribution < 1.29 is 0 Å². The summed E-state index contributed by atoms with van der Waals surface area (Å²) in [6.07, 6.45) is 3.67. The van der Waals surface area contributed by atoms with E-state index < -0.39 is 0 Å². The average molecular weight is 314 g/mol. The van der Waals surface area contributed by atoms with Gasteiger partial charge in [-0.2, -0.15) is 5.10 Å². The lowest BCUT2D eigenvalue weighted by molar-refractivity contribution is 0.239. The van der Waals surface area contributed by atoms with Crippen molar-refractivity contribution >= 4 is 23.0 Å². The smallest absolute Gasteiger partial charge is 0.0997 e. The highest BCUT2D eigenvalue weighted by atomic mass is 35.5. The van der Waals surface area contributed by atoms with Gasteiger partial charge in [0.2, 0.25) is 0 Å².